The van der Waals surface area contributed by atoms with Crippen LogP contribution >= 0.6 is 0 Å². The summed E-state index contributed by atoms with van der Waals surface area (Å²) >= 11 is 0. The molecule has 2 fully saturated rings. The monoisotopic (exact) mass is 421 g/mol. The first-order valence-corrected chi connectivity index (χ1v) is 12.7. The van der Waals surface area contributed by atoms with E-state index in [0.29, 0.717) is 17.8 Å². The van der Waals surface area contributed by atoms with Gasteiger partial charge in [-0.3, -0.25) is 0 Å². The van der Waals surface area contributed by atoms with Crippen molar-refractivity contribution in [1.82, 2.24) is 13.9 Å². The van der Waals surface area contributed by atoms with Crippen molar-refractivity contribution in [1.29, 1.82) is 0 Å². The van der Waals surface area contributed by atoms with Crippen molar-refractivity contribution >= 4 is 0 Å². The molecule has 0 radical (unpaired) electrons. The Balaban J connectivity index is 1.39. The molecule has 6 bridgehead atoms. The first-order chi connectivity index (χ1) is 14.8. The van der Waals surface area contributed by atoms with E-state index in [1.54, 1.807) is 10.1 Å². The second kappa shape index (κ2) is 5.77. The van der Waals surface area contributed by atoms with Crippen LogP contribution in [0.5, 0.6) is 0 Å². The van der Waals surface area contributed by atoms with Crippen LogP contribution < -0.4 is 11.4 Å². The third-order valence-corrected chi connectivity index (χ3v) is 11.1. The van der Waals surface area contributed by atoms with Gasteiger partial charge in [0.2, 0.25) is 0 Å². The van der Waals surface area contributed by atoms with Gasteiger partial charge in [-0.25, -0.2) is 23.5 Å². The second-order valence-electron chi connectivity index (χ2n) is 12.2. The molecule has 7 aliphatic rings. The molecule has 5 nitrogen and oxygen atoms in total. The molecule has 1 aromatic rings. The molecule has 0 saturated heterocycles. The Bertz CT molecular complexity index is 1160. The average molecular weight is 422 g/mol. The van der Waals surface area contributed by atoms with E-state index in [2.05, 4.69) is 32.9 Å². The van der Waals surface area contributed by atoms with Crippen LogP contribution in [0.3, 0.4) is 0 Å². The number of aromatic nitrogens is 3. The summed E-state index contributed by atoms with van der Waals surface area (Å²) in [5, 5.41) is 0. The number of hydrogen-bond acceptors (Lipinski definition) is 2. The van der Waals surface area contributed by atoms with Gasteiger partial charge in [0.05, 0.1) is 12.1 Å². The largest absolute Gasteiger partial charge is 0.348 e. The van der Waals surface area contributed by atoms with Gasteiger partial charge in [0.15, 0.2) is 0 Å². The molecule has 3 heterocycles. The highest BCUT2D eigenvalue weighted by Gasteiger charge is 2.63. The van der Waals surface area contributed by atoms with Gasteiger partial charge in [-0.05, 0) is 67.3 Å². The quantitative estimate of drug-likeness (QED) is 0.614. The SMILES string of the molecule is CC1(C)[C@H]2CC[C@@]1(C)[C@@H](n1c(=O)n3n(c1=O)[C@H]1C4=C[C@H]3[C@H]3C(=C[C@H]31)CCCCCC4)C2. The number of nitrogens with zero attached hydrogens (tertiary/aromatic N) is 3. The lowest BCUT2D eigenvalue weighted by molar-refractivity contribution is 0.103. The molecule has 2 saturated carbocycles. The molecule has 0 N–H and O–H groups in total. The van der Waals surface area contributed by atoms with Gasteiger partial charge in [-0.1, -0.05) is 51.3 Å². The van der Waals surface area contributed by atoms with Crippen LogP contribution in [0, 0.1) is 28.6 Å². The fourth-order valence-electron chi connectivity index (χ4n) is 8.86. The van der Waals surface area contributed by atoms with E-state index in [0.717, 1.165) is 19.3 Å². The smallest absolute Gasteiger partial charge is 0.246 e. The maximum atomic E-state index is 14.0. The molecular weight excluding hydrogens is 386 g/mol. The third-order valence-electron chi connectivity index (χ3n) is 11.1. The molecule has 8 rings (SSSR count). The Morgan fingerprint density at radius 3 is 2.29 bits per heavy atom. The molecule has 0 unspecified atom stereocenters. The Hall–Kier alpha value is -1.78. The number of rotatable bonds is 1. The van der Waals surface area contributed by atoms with Gasteiger partial charge in [-0.15, -0.1) is 0 Å². The molecule has 5 heteroatoms. The number of fused-ring (bicyclic) bond motifs is 2. The topological polar surface area (TPSA) is 48.9 Å². The van der Waals surface area contributed by atoms with Crippen LogP contribution in [0.15, 0.2) is 32.9 Å². The predicted octanol–water partition coefficient (Wildman–Crippen LogP) is 4.76. The van der Waals surface area contributed by atoms with Crippen molar-refractivity contribution in [3.63, 3.8) is 0 Å². The Morgan fingerprint density at radius 1 is 0.903 bits per heavy atom. The van der Waals surface area contributed by atoms with Gasteiger partial charge in [0.1, 0.15) is 0 Å². The second-order valence-corrected chi connectivity index (χ2v) is 12.2. The molecule has 1 aromatic heterocycles. The first-order valence-electron chi connectivity index (χ1n) is 12.7. The van der Waals surface area contributed by atoms with Crippen LogP contribution in [0.4, 0.5) is 0 Å². The fraction of sp³-hybridized carbons (Fsp3) is 0.769. The molecule has 31 heavy (non-hydrogen) atoms. The molecule has 0 aromatic carbocycles. The maximum Gasteiger partial charge on any atom is 0.348 e. The molecule has 5 aliphatic carbocycles. The van der Waals surface area contributed by atoms with Crippen molar-refractivity contribution in [2.75, 3.05) is 0 Å². The van der Waals surface area contributed by atoms with Crippen LogP contribution in [-0.2, 0) is 0 Å². The lowest BCUT2D eigenvalue weighted by Crippen LogP contribution is -2.53. The molecule has 7 atom stereocenters. The minimum Gasteiger partial charge on any atom is -0.246 e. The molecule has 0 spiro atoms. The van der Waals surface area contributed by atoms with Gasteiger partial charge < -0.3 is 0 Å². The van der Waals surface area contributed by atoms with E-state index >= 15 is 0 Å². The van der Waals surface area contributed by atoms with E-state index in [9.17, 15) is 9.59 Å². The minimum atomic E-state index is -0.0375. The molecule has 166 valence electrons. The molecule has 2 aliphatic heterocycles. The zero-order chi connectivity index (χ0) is 21.3. The van der Waals surface area contributed by atoms with Gasteiger partial charge in [0, 0.05) is 17.9 Å². The number of hydrogen-bond donors (Lipinski definition) is 0. The summed E-state index contributed by atoms with van der Waals surface area (Å²) in [5.74, 6) is 1.47. The normalized spacial score (nSPS) is 43.8. The fourth-order valence-corrected chi connectivity index (χ4v) is 8.86. The van der Waals surface area contributed by atoms with Gasteiger partial charge in [0.25, 0.3) is 0 Å². The third kappa shape index (κ3) is 2.01. The van der Waals surface area contributed by atoms with Gasteiger partial charge in [-0.2, -0.15) is 0 Å². The summed E-state index contributed by atoms with van der Waals surface area (Å²) in [4.78, 5) is 27.9. The summed E-state index contributed by atoms with van der Waals surface area (Å²) < 4.78 is 5.52. The van der Waals surface area contributed by atoms with Crippen LogP contribution in [0.2, 0.25) is 0 Å². The van der Waals surface area contributed by atoms with Gasteiger partial charge >= 0.3 is 11.4 Å². The van der Waals surface area contributed by atoms with E-state index < -0.39 is 0 Å². The molecule has 0 amide bonds. The van der Waals surface area contributed by atoms with E-state index in [-0.39, 0.29) is 40.3 Å². The van der Waals surface area contributed by atoms with Crippen molar-refractivity contribution < 1.29 is 0 Å². The Labute approximate surface area is 183 Å². The van der Waals surface area contributed by atoms with Crippen LogP contribution in [0.25, 0.3) is 0 Å². The highest BCUT2D eigenvalue weighted by Crippen LogP contribution is 2.69. The lowest BCUT2D eigenvalue weighted by Gasteiger charge is -2.53. The van der Waals surface area contributed by atoms with Crippen molar-refractivity contribution in [2.24, 2.45) is 28.6 Å². The van der Waals surface area contributed by atoms with E-state index in [1.807, 2.05) is 9.36 Å². The lowest BCUT2D eigenvalue weighted by atomic mass is 9.60. The van der Waals surface area contributed by atoms with Crippen LogP contribution in [0.1, 0.15) is 96.7 Å². The standard InChI is InChI=1S/C26H35N3O2/c1-25(2)17-10-11-26(25,3)20(14-17)27-23(30)28-19-13-16-9-7-5-4-6-8-15-12-18(21(15)19)22(16)29(28)24(27)31/h12-13,17-22H,4-11,14H2,1-3H3/t17-,18+,19-,20-,21-,22-,26-/m0/s1. The molecular formula is C26H35N3O2. The zero-order valence-electron chi connectivity index (χ0n) is 19.1. The maximum absolute atomic E-state index is 14.0. The Morgan fingerprint density at radius 2 is 1.61 bits per heavy atom. The van der Waals surface area contributed by atoms with Crippen molar-refractivity contribution in [3.8, 4) is 0 Å². The van der Waals surface area contributed by atoms with Crippen LogP contribution in [-0.4, -0.2) is 13.9 Å². The summed E-state index contributed by atoms with van der Waals surface area (Å²) in [6, 6.07) is 0.153. The zero-order valence-corrected chi connectivity index (χ0v) is 19.1. The summed E-state index contributed by atoms with van der Waals surface area (Å²) in [7, 11) is 0. The van der Waals surface area contributed by atoms with Crippen molar-refractivity contribution in [3.05, 3.63) is 44.3 Å². The minimum absolute atomic E-state index is 0.0251. The summed E-state index contributed by atoms with van der Waals surface area (Å²) in [6.07, 6.45) is 15.5. The predicted molar refractivity (Wildman–Crippen MR) is 120 cm³/mol. The van der Waals surface area contributed by atoms with E-state index in [1.165, 1.54) is 44.1 Å². The highest BCUT2D eigenvalue weighted by atomic mass is 16.2. The van der Waals surface area contributed by atoms with Crippen molar-refractivity contribution in [2.45, 2.75) is 96.7 Å². The summed E-state index contributed by atoms with van der Waals surface area (Å²) in [5.41, 5.74) is 3.10. The van der Waals surface area contributed by atoms with E-state index in [4.69, 9.17) is 0 Å². The Kier molecular flexibility index (Phi) is 3.49. The number of allylic oxidation sites excluding steroid dienone is 4. The first kappa shape index (κ1) is 18.8. The summed E-state index contributed by atoms with van der Waals surface area (Å²) in [6.45, 7) is 7.06. The highest BCUT2D eigenvalue weighted by molar-refractivity contribution is 5.38. The average Bonchev–Trinajstić information content (AvgIpc) is 3.15.